The van der Waals surface area contributed by atoms with E-state index in [-0.39, 0.29) is 0 Å². The third kappa shape index (κ3) is 7.74. The van der Waals surface area contributed by atoms with E-state index < -0.39 is 11.2 Å². The molecular formula is C16H30O2. The molecule has 2 nitrogen and oxygen atoms in total. The Morgan fingerprint density at radius 3 is 1.33 bits per heavy atom. The monoisotopic (exact) mass is 254 g/mol. The number of aliphatic hydroxyl groups is 2. The zero-order valence-corrected chi connectivity index (χ0v) is 12.9. The van der Waals surface area contributed by atoms with Gasteiger partial charge in [-0.05, 0) is 38.5 Å². The number of rotatable bonds is 6. The minimum atomic E-state index is -1.01. The first kappa shape index (κ1) is 17.5. The third-order valence-corrected chi connectivity index (χ3v) is 3.49. The molecule has 18 heavy (non-hydrogen) atoms. The first-order valence-electron chi connectivity index (χ1n) is 7.11. The Morgan fingerprint density at radius 2 is 1.11 bits per heavy atom. The van der Waals surface area contributed by atoms with Crippen LogP contribution < -0.4 is 0 Å². The molecule has 0 heterocycles. The topological polar surface area (TPSA) is 40.5 Å². The summed E-state index contributed by atoms with van der Waals surface area (Å²) in [7, 11) is 0. The average molecular weight is 254 g/mol. The summed E-state index contributed by atoms with van der Waals surface area (Å²) in [4.78, 5) is 0. The predicted octanol–water partition coefficient (Wildman–Crippen LogP) is 3.36. The molecule has 4 unspecified atom stereocenters. The van der Waals surface area contributed by atoms with Crippen molar-refractivity contribution in [1.29, 1.82) is 0 Å². The Hall–Kier alpha value is -0.520. The van der Waals surface area contributed by atoms with Crippen LogP contribution in [0.5, 0.6) is 0 Å². The van der Waals surface area contributed by atoms with Crippen LogP contribution in [0.4, 0.5) is 0 Å². The fourth-order valence-corrected chi connectivity index (χ4v) is 2.02. The highest BCUT2D eigenvalue weighted by molar-refractivity contribution is 5.19. The van der Waals surface area contributed by atoms with Crippen molar-refractivity contribution in [3.05, 3.63) is 0 Å². The fraction of sp³-hybridized carbons (Fsp3) is 0.875. The molecule has 4 atom stereocenters. The minimum absolute atomic E-state index is 0.439. The van der Waals surface area contributed by atoms with Crippen molar-refractivity contribution in [2.24, 2.45) is 11.8 Å². The second kappa shape index (κ2) is 7.16. The molecule has 0 aliphatic carbocycles. The van der Waals surface area contributed by atoms with Crippen molar-refractivity contribution < 1.29 is 10.2 Å². The average Bonchev–Trinajstić information content (AvgIpc) is 2.25. The van der Waals surface area contributed by atoms with Gasteiger partial charge in [0.15, 0.2) is 0 Å². The Balaban J connectivity index is 4.61. The van der Waals surface area contributed by atoms with E-state index in [4.69, 9.17) is 0 Å². The van der Waals surface area contributed by atoms with E-state index in [0.717, 1.165) is 12.8 Å². The van der Waals surface area contributed by atoms with Gasteiger partial charge >= 0.3 is 0 Å². The van der Waals surface area contributed by atoms with Gasteiger partial charge < -0.3 is 10.2 Å². The van der Waals surface area contributed by atoms with Crippen LogP contribution in [0.1, 0.15) is 67.2 Å². The summed E-state index contributed by atoms with van der Waals surface area (Å²) in [6, 6.07) is 0. The van der Waals surface area contributed by atoms with Gasteiger partial charge in [0.2, 0.25) is 0 Å². The summed E-state index contributed by atoms with van der Waals surface area (Å²) in [6.45, 7) is 11.9. The van der Waals surface area contributed by atoms with Crippen molar-refractivity contribution in [2.45, 2.75) is 78.4 Å². The van der Waals surface area contributed by atoms with E-state index in [9.17, 15) is 10.2 Å². The van der Waals surface area contributed by atoms with Crippen LogP contribution >= 0.6 is 0 Å². The van der Waals surface area contributed by atoms with E-state index >= 15 is 0 Å². The molecule has 0 aromatic heterocycles. The summed E-state index contributed by atoms with van der Waals surface area (Å²) in [5.74, 6) is 6.58. The summed E-state index contributed by atoms with van der Waals surface area (Å²) < 4.78 is 0. The van der Waals surface area contributed by atoms with Crippen molar-refractivity contribution in [2.75, 3.05) is 0 Å². The highest BCUT2D eigenvalue weighted by atomic mass is 16.3. The standard InChI is InChI=1S/C16H30O2/c1-7-13(3)11-15(5,17)9-10-16(6,18)12-14(4)8-2/h13-14,17-18H,7-8,11-12H2,1-6H3. The molecule has 2 N–H and O–H groups in total. The van der Waals surface area contributed by atoms with E-state index in [2.05, 4.69) is 39.5 Å². The van der Waals surface area contributed by atoms with Crippen LogP contribution in [0.3, 0.4) is 0 Å². The molecule has 0 amide bonds. The number of hydrogen-bond donors (Lipinski definition) is 2. The second-order valence-electron chi connectivity index (χ2n) is 6.23. The molecule has 0 aliphatic heterocycles. The second-order valence-corrected chi connectivity index (χ2v) is 6.23. The molecule has 0 fully saturated rings. The molecule has 0 saturated heterocycles. The molecule has 106 valence electrons. The largest absolute Gasteiger partial charge is 0.378 e. The highest BCUT2D eigenvalue weighted by Gasteiger charge is 2.23. The molecule has 0 aromatic carbocycles. The molecule has 0 bridgehead atoms. The number of hydrogen-bond acceptors (Lipinski definition) is 2. The van der Waals surface area contributed by atoms with Crippen LogP contribution in [-0.4, -0.2) is 21.4 Å². The third-order valence-electron chi connectivity index (χ3n) is 3.49. The SMILES string of the molecule is CCC(C)CC(C)(O)C#CC(C)(O)CC(C)CC. The zero-order valence-electron chi connectivity index (χ0n) is 12.9. The van der Waals surface area contributed by atoms with E-state index in [1.807, 2.05) is 0 Å². The Kier molecular flexibility index (Phi) is 6.96. The lowest BCUT2D eigenvalue weighted by atomic mass is 9.88. The Bertz CT molecular complexity index is 266. The predicted molar refractivity (Wildman–Crippen MR) is 77.2 cm³/mol. The van der Waals surface area contributed by atoms with Gasteiger partial charge in [-0.3, -0.25) is 0 Å². The first-order valence-corrected chi connectivity index (χ1v) is 7.11. The lowest BCUT2D eigenvalue weighted by Crippen LogP contribution is -2.29. The summed E-state index contributed by atoms with van der Waals surface area (Å²) in [6.07, 6.45) is 3.36. The molecule has 0 rings (SSSR count). The van der Waals surface area contributed by atoms with Crippen LogP contribution in [0.15, 0.2) is 0 Å². The van der Waals surface area contributed by atoms with E-state index in [0.29, 0.717) is 24.7 Å². The van der Waals surface area contributed by atoms with Gasteiger partial charge in [-0.25, -0.2) is 0 Å². The Labute approximate surface area is 113 Å². The van der Waals surface area contributed by atoms with Crippen molar-refractivity contribution in [3.63, 3.8) is 0 Å². The van der Waals surface area contributed by atoms with Crippen LogP contribution in [0, 0.1) is 23.7 Å². The maximum Gasteiger partial charge on any atom is 0.123 e. The van der Waals surface area contributed by atoms with Gasteiger partial charge in [-0.2, -0.15) is 0 Å². The van der Waals surface area contributed by atoms with Gasteiger partial charge in [0.1, 0.15) is 11.2 Å². The smallest absolute Gasteiger partial charge is 0.123 e. The van der Waals surface area contributed by atoms with Gasteiger partial charge in [-0.15, -0.1) is 0 Å². The van der Waals surface area contributed by atoms with Crippen molar-refractivity contribution >= 4 is 0 Å². The van der Waals surface area contributed by atoms with Crippen LogP contribution in [0.2, 0.25) is 0 Å². The maximum absolute atomic E-state index is 10.2. The van der Waals surface area contributed by atoms with Gasteiger partial charge in [0, 0.05) is 0 Å². The molecule has 0 saturated carbocycles. The van der Waals surface area contributed by atoms with E-state index in [1.165, 1.54) is 0 Å². The quantitative estimate of drug-likeness (QED) is 0.714. The Morgan fingerprint density at radius 1 is 0.833 bits per heavy atom. The van der Waals surface area contributed by atoms with Gasteiger partial charge in [0.05, 0.1) is 0 Å². The van der Waals surface area contributed by atoms with Crippen LogP contribution in [-0.2, 0) is 0 Å². The lowest BCUT2D eigenvalue weighted by Gasteiger charge is -2.23. The summed E-state index contributed by atoms with van der Waals surface area (Å²) in [5, 5.41) is 20.4. The van der Waals surface area contributed by atoms with E-state index in [1.54, 1.807) is 13.8 Å². The first-order chi connectivity index (χ1) is 8.12. The molecule has 0 aromatic rings. The summed E-state index contributed by atoms with van der Waals surface area (Å²) in [5.41, 5.74) is -2.01. The van der Waals surface area contributed by atoms with Gasteiger partial charge in [0.25, 0.3) is 0 Å². The molecule has 2 heteroatoms. The molecule has 0 aliphatic rings. The molecule has 0 radical (unpaired) electrons. The molecular weight excluding hydrogens is 224 g/mol. The highest BCUT2D eigenvalue weighted by Crippen LogP contribution is 2.21. The fourth-order valence-electron chi connectivity index (χ4n) is 2.02. The van der Waals surface area contributed by atoms with Crippen LogP contribution in [0.25, 0.3) is 0 Å². The molecule has 0 spiro atoms. The van der Waals surface area contributed by atoms with Crippen molar-refractivity contribution in [1.82, 2.24) is 0 Å². The normalized spacial score (nSPS) is 21.1. The maximum atomic E-state index is 10.2. The minimum Gasteiger partial charge on any atom is -0.378 e. The zero-order chi connectivity index (χ0) is 14.4. The lowest BCUT2D eigenvalue weighted by molar-refractivity contribution is 0.0824. The van der Waals surface area contributed by atoms with Crippen molar-refractivity contribution in [3.8, 4) is 11.8 Å². The van der Waals surface area contributed by atoms with Gasteiger partial charge in [-0.1, -0.05) is 52.4 Å². The summed E-state index contributed by atoms with van der Waals surface area (Å²) >= 11 is 0.